The number of amides is 1. The van der Waals surface area contributed by atoms with Gasteiger partial charge in [0.25, 0.3) is 0 Å². The average molecular weight is 988 g/mol. The quantitative estimate of drug-likeness (QED) is 0.0660. The van der Waals surface area contributed by atoms with Crippen LogP contribution in [0.15, 0.2) is 0 Å². The first-order chi connectivity index (χ1) is 34.0. The van der Waals surface area contributed by atoms with E-state index < -0.39 is 5.41 Å². The van der Waals surface area contributed by atoms with Gasteiger partial charge < -0.3 is 28.7 Å². The molecule has 0 aromatic carbocycles. The predicted octanol–water partition coefficient (Wildman–Crippen LogP) is 14.0. The van der Waals surface area contributed by atoms with Gasteiger partial charge in [0.05, 0.1) is 13.2 Å². The average Bonchev–Trinajstić information content (AvgIpc) is 3.90. The molecule has 0 N–H and O–H groups in total. The van der Waals surface area contributed by atoms with Crippen LogP contribution in [0.3, 0.4) is 0 Å². The molecule has 3 fully saturated rings. The minimum Gasteiger partial charge on any atom is -0.465 e. The van der Waals surface area contributed by atoms with E-state index in [2.05, 4.69) is 32.6 Å². The second-order valence-corrected chi connectivity index (χ2v) is 22.4. The van der Waals surface area contributed by atoms with Crippen LogP contribution in [0.5, 0.6) is 0 Å². The molecule has 11 nitrogen and oxygen atoms in total. The number of cyclic esters (lactones) is 4. The minimum absolute atomic E-state index is 0.140. The number of ether oxygens (including phenoxy) is 4. The fourth-order valence-corrected chi connectivity index (χ4v) is 11.2. The fraction of sp³-hybridized carbons (Fsp3) is 0.915. The van der Waals surface area contributed by atoms with Crippen LogP contribution < -0.4 is 0 Å². The van der Waals surface area contributed by atoms with E-state index >= 15 is 0 Å². The van der Waals surface area contributed by atoms with Gasteiger partial charge in [-0.05, 0) is 127 Å². The van der Waals surface area contributed by atoms with Crippen LogP contribution in [-0.2, 0) is 42.9 Å². The maximum Gasteiger partial charge on any atom is 0.305 e. The number of likely N-dealkylation sites (tertiary alicyclic amines) is 2. The zero-order chi connectivity index (χ0) is 50.6. The number of esters is 4. The Bertz CT molecular complexity index is 1410. The minimum atomic E-state index is -0.558. The number of carbonyl (C=O) groups excluding carboxylic acids is 5. The lowest BCUT2D eigenvalue weighted by atomic mass is 9.71. The highest BCUT2D eigenvalue weighted by molar-refractivity contribution is 5.76. The van der Waals surface area contributed by atoms with E-state index in [4.69, 9.17) is 18.9 Å². The zero-order valence-electron chi connectivity index (χ0n) is 45.8. The molecule has 3 unspecified atom stereocenters. The van der Waals surface area contributed by atoms with Crippen molar-refractivity contribution < 1.29 is 42.9 Å². The predicted molar refractivity (Wildman–Crippen MR) is 282 cm³/mol. The molecule has 3 saturated heterocycles. The largest absolute Gasteiger partial charge is 0.465 e. The molecule has 0 aromatic heterocycles. The lowest BCUT2D eigenvalue weighted by Crippen LogP contribution is -2.48. The molecule has 3 atom stereocenters. The van der Waals surface area contributed by atoms with Crippen molar-refractivity contribution in [2.75, 3.05) is 59.2 Å². The van der Waals surface area contributed by atoms with Crippen LogP contribution in [-0.4, -0.2) is 98.7 Å². The molecule has 406 valence electrons. The molecule has 3 aliphatic rings. The molecule has 0 radical (unpaired) electrons. The van der Waals surface area contributed by atoms with Crippen LogP contribution in [0.25, 0.3) is 0 Å². The first-order valence-corrected chi connectivity index (χ1v) is 29.7. The van der Waals surface area contributed by atoms with E-state index in [9.17, 15) is 24.0 Å². The SMILES string of the molecule is CCCCCCCCC1CCCC(CC)(CCCCC)CCC(CCCCCC)COC(=O)CCCCCC(=O)OCC2(CCN(C(=O)CCN3CCCC3)CC2)COC(=O)CCCCCC(=O)OC1. The fourth-order valence-electron chi connectivity index (χ4n) is 11.2. The van der Waals surface area contributed by atoms with Crippen molar-refractivity contribution >= 4 is 29.8 Å². The highest BCUT2D eigenvalue weighted by Gasteiger charge is 2.39. The molecule has 70 heavy (non-hydrogen) atoms. The van der Waals surface area contributed by atoms with Gasteiger partial charge in [-0.1, -0.05) is 137 Å². The summed E-state index contributed by atoms with van der Waals surface area (Å²) in [6.45, 7) is 14.4. The molecule has 0 aliphatic carbocycles. The number of carbonyl (C=O) groups is 5. The zero-order valence-corrected chi connectivity index (χ0v) is 45.8. The third kappa shape index (κ3) is 27.4. The van der Waals surface area contributed by atoms with Crippen molar-refractivity contribution in [2.45, 2.75) is 265 Å². The number of nitrogens with zero attached hydrogens (tertiary/aromatic N) is 2. The Morgan fingerprint density at radius 3 is 1.50 bits per heavy atom. The van der Waals surface area contributed by atoms with Gasteiger partial charge in [-0.3, -0.25) is 24.0 Å². The van der Waals surface area contributed by atoms with Crippen LogP contribution in [0.1, 0.15) is 265 Å². The third-order valence-corrected chi connectivity index (χ3v) is 16.5. The highest BCUT2D eigenvalue weighted by atomic mass is 16.6. The Labute approximate surface area is 428 Å². The van der Waals surface area contributed by atoms with Crippen molar-refractivity contribution in [1.29, 1.82) is 0 Å². The molecule has 0 aromatic rings. The Kier molecular flexibility index (Phi) is 33.4. The summed E-state index contributed by atoms with van der Waals surface area (Å²) >= 11 is 0. The molecular weight excluding hydrogens is 881 g/mol. The summed E-state index contributed by atoms with van der Waals surface area (Å²) in [4.78, 5) is 69.9. The molecule has 11 heteroatoms. The third-order valence-electron chi connectivity index (χ3n) is 16.5. The van der Waals surface area contributed by atoms with E-state index in [0.29, 0.717) is 95.9 Å². The molecule has 3 heterocycles. The van der Waals surface area contributed by atoms with Gasteiger partial charge in [0.2, 0.25) is 5.91 Å². The maximum atomic E-state index is 13.2. The molecule has 1 spiro atoms. The molecule has 0 bridgehead atoms. The van der Waals surface area contributed by atoms with Gasteiger partial charge in [0, 0.05) is 57.2 Å². The second-order valence-electron chi connectivity index (χ2n) is 22.4. The monoisotopic (exact) mass is 987 g/mol. The van der Waals surface area contributed by atoms with E-state index in [1.807, 2.05) is 4.90 Å². The summed E-state index contributed by atoms with van der Waals surface area (Å²) in [6, 6.07) is 0. The van der Waals surface area contributed by atoms with Crippen molar-refractivity contribution in [3.63, 3.8) is 0 Å². The van der Waals surface area contributed by atoms with E-state index in [1.54, 1.807) is 0 Å². The summed E-state index contributed by atoms with van der Waals surface area (Å²) in [5.74, 6) is 0.0127. The van der Waals surface area contributed by atoms with E-state index in [0.717, 1.165) is 77.4 Å². The number of piperidine rings is 1. The van der Waals surface area contributed by atoms with Crippen molar-refractivity contribution in [1.82, 2.24) is 9.80 Å². The Balaban J connectivity index is 1.68. The first kappa shape index (κ1) is 61.6. The smallest absolute Gasteiger partial charge is 0.305 e. The van der Waals surface area contributed by atoms with E-state index in [1.165, 1.54) is 109 Å². The first-order valence-electron chi connectivity index (χ1n) is 29.7. The topological polar surface area (TPSA) is 129 Å². The molecule has 3 rings (SSSR count). The van der Waals surface area contributed by atoms with Gasteiger partial charge in [-0.2, -0.15) is 0 Å². The normalized spacial score (nSPS) is 24.5. The van der Waals surface area contributed by atoms with Gasteiger partial charge >= 0.3 is 23.9 Å². The Morgan fingerprint density at radius 2 is 0.971 bits per heavy atom. The molecule has 0 saturated carbocycles. The highest BCUT2D eigenvalue weighted by Crippen LogP contribution is 2.42. The van der Waals surface area contributed by atoms with E-state index in [-0.39, 0.29) is 61.3 Å². The summed E-state index contributed by atoms with van der Waals surface area (Å²) < 4.78 is 23.8. The summed E-state index contributed by atoms with van der Waals surface area (Å²) in [6.07, 6.45) is 35.7. The number of hydrogen-bond donors (Lipinski definition) is 0. The Hall–Kier alpha value is -2.69. The van der Waals surface area contributed by atoms with Crippen LogP contribution in [0, 0.1) is 22.7 Å². The van der Waals surface area contributed by atoms with Crippen molar-refractivity contribution in [2.24, 2.45) is 22.7 Å². The Morgan fingerprint density at radius 1 is 0.500 bits per heavy atom. The number of hydrogen-bond acceptors (Lipinski definition) is 10. The standard InChI is InChI=1S/C59H106N2O9/c1-5-9-12-14-15-19-28-51-30-27-38-58(8-4,37-24-11-7-3)39-35-52(29-18-13-10-6-2)48-68-55(64)32-21-17-23-34-57(66)70-50-59(49-69-56(65)33-22-16-20-31-54(63)67-47-51)40-45-61(46-41-59)53(62)36-44-60-42-25-26-43-60/h51-52H,5-50H2,1-4H3. The van der Waals surface area contributed by atoms with Gasteiger partial charge in [-0.15, -0.1) is 0 Å². The summed E-state index contributed by atoms with van der Waals surface area (Å²) in [7, 11) is 0. The van der Waals surface area contributed by atoms with Crippen LogP contribution >= 0.6 is 0 Å². The number of unbranched alkanes of at least 4 members (excludes halogenated alkanes) is 10. The van der Waals surface area contributed by atoms with Crippen molar-refractivity contribution in [3.05, 3.63) is 0 Å². The van der Waals surface area contributed by atoms with Crippen LogP contribution in [0.2, 0.25) is 0 Å². The van der Waals surface area contributed by atoms with Crippen LogP contribution in [0.4, 0.5) is 0 Å². The maximum absolute atomic E-state index is 13.2. The van der Waals surface area contributed by atoms with Crippen molar-refractivity contribution in [3.8, 4) is 0 Å². The summed E-state index contributed by atoms with van der Waals surface area (Å²) in [5.41, 5.74) is -0.293. The lowest BCUT2D eigenvalue weighted by molar-refractivity contribution is -0.158. The number of rotatable bonds is 20. The second kappa shape index (κ2) is 38.0. The molecule has 3 aliphatic heterocycles. The van der Waals surface area contributed by atoms with Gasteiger partial charge in [0.1, 0.15) is 13.2 Å². The molecule has 1 amide bonds. The lowest BCUT2D eigenvalue weighted by Gasteiger charge is -2.41. The van der Waals surface area contributed by atoms with Gasteiger partial charge in [-0.25, -0.2) is 0 Å². The molecular formula is C59H106N2O9. The summed E-state index contributed by atoms with van der Waals surface area (Å²) in [5, 5.41) is 0. The van der Waals surface area contributed by atoms with Gasteiger partial charge in [0.15, 0.2) is 0 Å².